The van der Waals surface area contributed by atoms with E-state index in [-0.39, 0.29) is 23.6 Å². The number of nitrogens with zero attached hydrogens (tertiary/aromatic N) is 3. The van der Waals surface area contributed by atoms with Crippen LogP contribution in [0.5, 0.6) is 0 Å². The van der Waals surface area contributed by atoms with Gasteiger partial charge in [0.1, 0.15) is 12.2 Å². The molecule has 0 radical (unpaired) electrons. The molecule has 140 valence electrons. The van der Waals surface area contributed by atoms with Gasteiger partial charge in [0.25, 0.3) is 0 Å². The van der Waals surface area contributed by atoms with Crippen LogP contribution in [0.4, 0.5) is 4.79 Å². The van der Waals surface area contributed by atoms with Gasteiger partial charge in [0.2, 0.25) is 0 Å². The Labute approximate surface area is 149 Å². The van der Waals surface area contributed by atoms with E-state index in [0.29, 0.717) is 5.92 Å². The summed E-state index contributed by atoms with van der Waals surface area (Å²) in [6, 6.07) is 0.292. The molecule has 0 spiro atoms. The third-order valence-electron chi connectivity index (χ3n) is 6.37. The van der Waals surface area contributed by atoms with Gasteiger partial charge in [-0.3, -0.25) is 5.10 Å². The summed E-state index contributed by atoms with van der Waals surface area (Å²) in [7, 11) is 0. The van der Waals surface area contributed by atoms with E-state index in [1.54, 1.807) is 6.33 Å². The number of urea groups is 1. The number of H-pyrrole nitrogens is 1. The van der Waals surface area contributed by atoms with Crippen molar-refractivity contribution >= 4 is 6.03 Å². The van der Waals surface area contributed by atoms with E-state index in [1.165, 1.54) is 0 Å². The number of piperidine rings is 1. The number of aromatic amines is 1. The molecule has 2 atom stereocenters. The van der Waals surface area contributed by atoms with E-state index in [1.807, 2.05) is 11.8 Å². The Kier molecular flexibility index (Phi) is 5.61. The number of likely N-dealkylation sites (tertiary alicyclic amines) is 1. The molecule has 1 aliphatic carbocycles. The van der Waals surface area contributed by atoms with E-state index >= 15 is 0 Å². The lowest BCUT2D eigenvalue weighted by Gasteiger charge is -2.55. The van der Waals surface area contributed by atoms with Crippen molar-refractivity contribution in [2.45, 2.75) is 70.9 Å². The lowest BCUT2D eigenvalue weighted by Crippen LogP contribution is -2.65. The van der Waals surface area contributed by atoms with Crippen LogP contribution in [0.3, 0.4) is 0 Å². The molecule has 7 heteroatoms. The summed E-state index contributed by atoms with van der Waals surface area (Å²) < 4.78 is 5.91. The van der Waals surface area contributed by atoms with Crippen molar-refractivity contribution in [2.75, 3.05) is 19.7 Å². The molecular formula is C18H31N5O2. The molecule has 2 aliphatic rings. The maximum absolute atomic E-state index is 12.7. The minimum atomic E-state index is 0.0715. The number of carbonyl (C=O) groups excluding carboxylic acids is 1. The molecule has 1 aliphatic heterocycles. The maximum Gasteiger partial charge on any atom is 0.317 e. The van der Waals surface area contributed by atoms with Crippen LogP contribution >= 0.6 is 0 Å². The highest BCUT2D eigenvalue weighted by molar-refractivity contribution is 5.75. The Morgan fingerprint density at radius 1 is 1.36 bits per heavy atom. The first-order chi connectivity index (χ1) is 12.1. The van der Waals surface area contributed by atoms with Crippen LogP contribution in [0.2, 0.25) is 0 Å². The summed E-state index contributed by atoms with van der Waals surface area (Å²) in [4.78, 5) is 18.9. The second kappa shape index (κ2) is 7.72. The van der Waals surface area contributed by atoms with Crippen molar-refractivity contribution in [1.29, 1.82) is 0 Å². The van der Waals surface area contributed by atoms with E-state index in [2.05, 4.69) is 34.3 Å². The van der Waals surface area contributed by atoms with Crippen molar-refractivity contribution in [2.24, 2.45) is 5.41 Å². The highest BCUT2D eigenvalue weighted by atomic mass is 16.5. The van der Waals surface area contributed by atoms with E-state index < -0.39 is 0 Å². The number of hydrogen-bond donors (Lipinski definition) is 2. The molecule has 25 heavy (non-hydrogen) atoms. The Morgan fingerprint density at radius 2 is 2.08 bits per heavy atom. The molecule has 1 aromatic rings. The Morgan fingerprint density at radius 3 is 2.64 bits per heavy atom. The fourth-order valence-corrected chi connectivity index (χ4v) is 4.59. The highest BCUT2D eigenvalue weighted by Gasteiger charge is 2.54. The SMILES string of the molecule is CCO[C@@H]1C[C@H](NC(=O)N2CCC(c3ncn[nH]3)CC2)C1(CC)CC. The smallest absolute Gasteiger partial charge is 0.317 e. The first kappa shape index (κ1) is 18.2. The van der Waals surface area contributed by atoms with Gasteiger partial charge in [-0.2, -0.15) is 5.10 Å². The number of aromatic nitrogens is 3. The zero-order valence-electron chi connectivity index (χ0n) is 15.6. The molecule has 1 aromatic heterocycles. The Balaban J connectivity index is 1.53. The van der Waals surface area contributed by atoms with Crippen LogP contribution in [0.25, 0.3) is 0 Å². The minimum Gasteiger partial charge on any atom is -0.378 e. The fourth-order valence-electron chi connectivity index (χ4n) is 4.59. The van der Waals surface area contributed by atoms with Crippen molar-refractivity contribution in [3.63, 3.8) is 0 Å². The summed E-state index contributed by atoms with van der Waals surface area (Å²) >= 11 is 0. The first-order valence-electron chi connectivity index (χ1n) is 9.66. The van der Waals surface area contributed by atoms with Crippen molar-refractivity contribution in [3.05, 3.63) is 12.2 Å². The third kappa shape index (κ3) is 3.38. The van der Waals surface area contributed by atoms with Crippen molar-refractivity contribution in [1.82, 2.24) is 25.4 Å². The predicted octanol–water partition coefficient (Wildman–Crippen LogP) is 2.68. The second-order valence-corrected chi connectivity index (χ2v) is 7.25. The van der Waals surface area contributed by atoms with Crippen LogP contribution in [0.15, 0.2) is 6.33 Å². The number of hydrogen-bond acceptors (Lipinski definition) is 4. The largest absolute Gasteiger partial charge is 0.378 e. The van der Waals surface area contributed by atoms with Gasteiger partial charge in [-0.25, -0.2) is 9.78 Å². The number of nitrogens with one attached hydrogen (secondary N) is 2. The molecule has 0 bridgehead atoms. The standard InChI is InChI=1S/C18H31N5O2/c1-4-18(5-2)14(11-15(18)25-6-3)21-17(24)23-9-7-13(8-10-23)16-19-12-20-22-16/h12-15H,4-11H2,1-3H3,(H,21,24)(H,19,20,22)/t14-,15+/m0/s1. The van der Waals surface area contributed by atoms with Crippen LogP contribution in [0, 0.1) is 5.41 Å². The molecule has 2 amide bonds. The lowest BCUT2D eigenvalue weighted by atomic mass is 9.58. The molecule has 0 aromatic carbocycles. The monoisotopic (exact) mass is 349 g/mol. The average molecular weight is 349 g/mol. The summed E-state index contributed by atoms with van der Waals surface area (Å²) in [5, 5.41) is 10.2. The first-order valence-corrected chi connectivity index (χ1v) is 9.66. The summed E-state index contributed by atoms with van der Waals surface area (Å²) in [5.74, 6) is 1.32. The summed E-state index contributed by atoms with van der Waals surface area (Å²) in [5.41, 5.74) is 0.0871. The molecule has 2 N–H and O–H groups in total. The molecular weight excluding hydrogens is 318 g/mol. The molecule has 2 heterocycles. The van der Waals surface area contributed by atoms with E-state index in [4.69, 9.17) is 4.74 Å². The van der Waals surface area contributed by atoms with Gasteiger partial charge in [-0.1, -0.05) is 13.8 Å². The quantitative estimate of drug-likeness (QED) is 0.827. The maximum atomic E-state index is 12.7. The fraction of sp³-hybridized carbons (Fsp3) is 0.833. The van der Waals surface area contributed by atoms with Gasteiger partial charge in [-0.15, -0.1) is 0 Å². The van der Waals surface area contributed by atoms with Gasteiger partial charge in [0.05, 0.1) is 6.10 Å². The van der Waals surface area contributed by atoms with Crippen LogP contribution < -0.4 is 5.32 Å². The summed E-state index contributed by atoms with van der Waals surface area (Å²) in [6.45, 7) is 8.73. The van der Waals surface area contributed by atoms with E-state index in [9.17, 15) is 4.79 Å². The normalized spacial score (nSPS) is 26.3. The zero-order valence-corrected chi connectivity index (χ0v) is 15.6. The number of carbonyl (C=O) groups is 1. The van der Waals surface area contributed by atoms with Crippen molar-refractivity contribution < 1.29 is 9.53 Å². The minimum absolute atomic E-state index is 0.0715. The van der Waals surface area contributed by atoms with Gasteiger partial charge in [0.15, 0.2) is 0 Å². The topological polar surface area (TPSA) is 83.1 Å². The van der Waals surface area contributed by atoms with Gasteiger partial charge in [-0.05, 0) is 39.0 Å². The predicted molar refractivity (Wildman–Crippen MR) is 95.3 cm³/mol. The Hall–Kier alpha value is -1.63. The zero-order chi connectivity index (χ0) is 17.9. The number of amides is 2. The molecule has 1 saturated heterocycles. The average Bonchev–Trinajstić information content (AvgIpc) is 3.16. The molecule has 3 rings (SSSR count). The van der Waals surface area contributed by atoms with Gasteiger partial charge >= 0.3 is 6.03 Å². The molecule has 7 nitrogen and oxygen atoms in total. The van der Waals surface area contributed by atoms with Crippen molar-refractivity contribution in [3.8, 4) is 0 Å². The number of rotatable bonds is 6. The van der Waals surface area contributed by atoms with Gasteiger partial charge < -0.3 is 15.0 Å². The summed E-state index contributed by atoms with van der Waals surface area (Å²) in [6.07, 6.45) is 6.68. The molecule has 0 unspecified atom stereocenters. The van der Waals surface area contributed by atoms with Crippen LogP contribution in [-0.4, -0.2) is 58.0 Å². The molecule has 2 fully saturated rings. The van der Waals surface area contributed by atoms with E-state index in [0.717, 1.165) is 57.6 Å². The van der Waals surface area contributed by atoms with Crippen LogP contribution in [0.1, 0.15) is 64.6 Å². The second-order valence-electron chi connectivity index (χ2n) is 7.25. The number of ether oxygens (including phenoxy) is 1. The highest BCUT2D eigenvalue weighted by Crippen LogP contribution is 2.49. The Bertz CT molecular complexity index is 550. The van der Waals surface area contributed by atoms with Crippen LogP contribution in [-0.2, 0) is 4.74 Å². The third-order valence-corrected chi connectivity index (χ3v) is 6.37. The molecule has 1 saturated carbocycles. The van der Waals surface area contributed by atoms with Gasteiger partial charge in [0, 0.05) is 37.1 Å². The lowest BCUT2D eigenvalue weighted by molar-refractivity contribution is -0.134.